The highest BCUT2D eigenvalue weighted by atomic mass is 16.6. The number of esters is 1. The summed E-state index contributed by atoms with van der Waals surface area (Å²) in [5.74, 6) is 4.84. The summed E-state index contributed by atoms with van der Waals surface area (Å²) in [6.45, 7) is 8.04. The molecule has 0 saturated carbocycles. The molecule has 0 aliphatic carbocycles. The van der Waals surface area contributed by atoms with Gasteiger partial charge in [-0.3, -0.25) is 16.1 Å². The standard InChI is InChI=1S/C9H20N2O2/c1-7(5-6-11-10)8(12)13-9(2,3)4/h7,11H,5-6,10H2,1-4H3. The molecule has 3 N–H and O–H groups in total. The van der Waals surface area contributed by atoms with E-state index in [9.17, 15) is 4.79 Å². The van der Waals surface area contributed by atoms with Crippen molar-refractivity contribution in [1.82, 2.24) is 5.43 Å². The minimum absolute atomic E-state index is 0.102. The highest BCUT2D eigenvalue weighted by Crippen LogP contribution is 2.12. The first kappa shape index (κ1) is 12.4. The normalized spacial score (nSPS) is 13.9. The van der Waals surface area contributed by atoms with Crippen LogP contribution in [0.15, 0.2) is 0 Å². The van der Waals surface area contributed by atoms with Crippen LogP contribution in [0, 0.1) is 5.92 Å². The molecule has 0 aromatic heterocycles. The molecule has 0 aromatic rings. The molecule has 0 fully saturated rings. The quantitative estimate of drug-likeness (QED) is 0.389. The van der Waals surface area contributed by atoms with E-state index in [0.29, 0.717) is 13.0 Å². The second-order valence-electron chi connectivity index (χ2n) is 4.18. The highest BCUT2D eigenvalue weighted by molar-refractivity contribution is 5.72. The third kappa shape index (κ3) is 6.54. The van der Waals surface area contributed by atoms with Gasteiger partial charge in [-0.1, -0.05) is 6.92 Å². The van der Waals surface area contributed by atoms with Gasteiger partial charge in [-0.05, 0) is 27.2 Å². The summed E-state index contributed by atoms with van der Waals surface area (Å²) >= 11 is 0. The summed E-state index contributed by atoms with van der Waals surface area (Å²) in [7, 11) is 0. The van der Waals surface area contributed by atoms with Crippen LogP contribution in [0.3, 0.4) is 0 Å². The van der Waals surface area contributed by atoms with Gasteiger partial charge in [0.15, 0.2) is 0 Å². The summed E-state index contributed by atoms with van der Waals surface area (Å²) in [6.07, 6.45) is 0.700. The average molecular weight is 188 g/mol. The van der Waals surface area contributed by atoms with E-state index in [1.165, 1.54) is 0 Å². The van der Waals surface area contributed by atoms with Crippen molar-refractivity contribution in [1.29, 1.82) is 0 Å². The Kier molecular flexibility index (Phi) is 4.95. The molecule has 78 valence electrons. The molecule has 1 unspecified atom stereocenters. The third-order valence-corrected chi connectivity index (χ3v) is 1.53. The van der Waals surface area contributed by atoms with Crippen molar-refractivity contribution < 1.29 is 9.53 Å². The van der Waals surface area contributed by atoms with E-state index in [1.807, 2.05) is 27.7 Å². The number of carbonyl (C=O) groups is 1. The van der Waals surface area contributed by atoms with Crippen molar-refractivity contribution in [2.24, 2.45) is 11.8 Å². The second-order valence-corrected chi connectivity index (χ2v) is 4.18. The van der Waals surface area contributed by atoms with Gasteiger partial charge >= 0.3 is 5.97 Å². The van der Waals surface area contributed by atoms with Crippen LogP contribution in [0.25, 0.3) is 0 Å². The molecule has 0 saturated heterocycles. The summed E-state index contributed by atoms with van der Waals surface area (Å²) in [5, 5.41) is 0. The third-order valence-electron chi connectivity index (χ3n) is 1.53. The zero-order chi connectivity index (χ0) is 10.5. The zero-order valence-corrected chi connectivity index (χ0v) is 8.89. The maximum atomic E-state index is 11.4. The topological polar surface area (TPSA) is 64.3 Å². The number of carbonyl (C=O) groups excluding carboxylic acids is 1. The zero-order valence-electron chi connectivity index (χ0n) is 8.89. The summed E-state index contributed by atoms with van der Waals surface area (Å²) < 4.78 is 5.19. The van der Waals surface area contributed by atoms with E-state index in [2.05, 4.69) is 5.43 Å². The molecule has 0 bridgehead atoms. The Morgan fingerprint density at radius 3 is 2.46 bits per heavy atom. The fourth-order valence-electron chi connectivity index (χ4n) is 0.820. The molecule has 4 nitrogen and oxygen atoms in total. The fraction of sp³-hybridized carbons (Fsp3) is 0.889. The Bertz CT molecular complexity index is 163. The van der Waals surface area contributed by atoms with Gasteiger partial charge in [-0.25, -0.2) is 0 Å². The maximum Gasteiger partial charge on any atom is 0.309 e. The molecule has 0 aliphatic rings. The smallest absolute Gasteiger partial charge is 0.309 e. The molecule has 0 aromatic carbocycles. The first-order valence-electron chi connectivity index (χ1n) is 4.53. The van der Waals surface area contributed by atoms with Crippen molar-refractivity contribution in [2.45, 2.75) is 39.7 Å². The minimum atomic E-state index is -0.401. The Balaban J connectivity index is 3.83. The van der Waals surface area contributed by atoms with Gasteiger partial charge < -0.3 is 4.74 Å². The van der Waals surface area contributed by atoms with Crippen LogP contribution < -0.4 is 11.3 Å². The van der Waals surface area contributed by atoms with Gasteiger partial charge in [0.2, 0.25) is 0 Å². The van der Waals surface area contributed by atoms with E-state index in [1.54, 1.807) is 0 Å². The molecule has 0 rings (SSSR count). The Morgan fingerprint density at radius 1 is 1.54 bits per heavy atom. The molecule has 0 spiro atoms. The van der Waals surface area contributed by atoms with Gasteiger partial charge in [0.05, 0.1) is 5.92 Å². The average Bonchev–Trinajstić information content (AvgIpc) is 1.96. The van der Waals surface area contributed by atoms with E-state index in [-0.39, 0.29) is 11.9 Å². The second kappa shape index (κ2) is 5.19. The lowest BCUT2D eigenvalue weighted by Gasteiger charge is -2.22. The van der Waals surface area contributed by atoms with E-state index in [4.69, 9.17) is 10.6 Å². The molecule has 4 heteroatoms. The molecule has 0 heterocycles. The summed E-state index contributed by atoms with van der Waals surface area (Å²) in [5.41, 5.74) is 2.11. The number of ether oxygens (including phenoxy) is 1. The Morgan fingerprint density at radius 2 is 2.08 bits per heavy atom. The largest absolute Gasteiger partial charge is 0.460 e. The molecule has 0 amide bonds. The van der Waals surface area contributed by atoms with Crippen LogP contribution >= 0.6 is 0 Å². The number of hydrogen-bond acceptors (Lipinski definition) is 4. The van der Waals surface area contributed by atoms with E-state index < -0.39 is 5.60 Å². The van der Waals surface area contributed by atoms with Crippen LogP contribution in [0.1, 0.15) is 34.1 Å². The number of rotatable bonds is 4. The Labute approximate surface area is 79.8 Å². The predicted octanol–water partition coefficient (Wildman–Crippen LogP) is 0.818. The van der Waals surface area contributed by atoms with Gasteiger partial charge in [-0.15, -0.1) is 0 Å². The molecule has 13 heavy (non-hydrogen) atoms. The van der Waals surface area contributed by atoms with Gasteiger partial charge in [0, 0.05) is 6.54 Å². The van der Waals surface area contributed by atoms with Crippen molar-refractivity contribution in [2.75, 3.05) is 6.54 Å². The van der Waals surface area contributed by atoms with Crippen LogP contribution in [0.4, 0.5) is 0 Å². The van der Waals surface area contributed by atoms with Gasteiger partial charge in [-0.2, -0.15) is 0 Å². The summed E-state index contributed by atoms with van der Waals surface area (Å²) in [6, 6.07) is 0. The number of hydrazine groups is 1. The minimum Gasteiger partial charge on any atom is -0.460 e. The molecule has 0 aliphatic heterocycles. The van der Waals surface area contributed by atoms with Crippen LogP contribution in [-0.4, -0.2) is 18.1 Å². The number of nitrogens with two attached hydrogens (primary N) is 1. The predicted molar refractivity (Wildman–Crippen MR) is 51.8 cm³/mol. The highest BCUT2D eigenvalue weighted by Gasteiger charge is 2.20. The van der Waals surface area contributed by atoms with Crippen molar-refractivity contribution in [3.8, 4) is 0 Å². The number of nitrogens with one attached hydrogen (secondary N) is 1. The van der Waals surface area contributed by atoms with E-state index in [0.717, 1.165) is 0 Å². The number of hydrogen-bond donors (Lipinski definition) is 2. The molecule has 0 radical (unpaired) electrons. The molecular weight excluding hydrogens is 168 g/mol. The first-order chi connectivity index (χ1) is 5.87. The lowest BCUT2D eigenvalue weighted by Crippen LogP contribution is -2.30. The van der Waals surface area contributed by atoms with Gasteiger partial charge in [0.25, 0.3) is 0 Å². The molecular formula is C9H20N2O2. The fourth-order valence-corrected chi connectivity index (χ4v) is 0.820. The molecule has 1 atom stereocenters. The van der Waals surface area contributed by atoms with Crippen LogP contribution in [0.5, 0.6) is 0 Å². The van der Waals surface area contributed by atoms with Crippen LogP contribution in [0.2, 0.25) is 0 Å². The van der Waals surface area contributed by atoms with E-state index >= 15 is 0 Å². The lowest BCUT2D eigenvalue weighted by molar-refractivity contribution is -0.159. The van der Waals surface area contributed by atoms with Crippen molar-refractivity contribution >= 4 is 5.97 Å². The first-order valence-corrected chi connectivity index (χ1v) is 4.53. The van der Waals surface area contributed by atoms with Gasteiger partial charge in [0.1, 0.15) is 5.60 Å². The monoisotopic (exact) mass is 188 g/mol. The summed E-state index contributed by atoms with van der Waals surface area (Å²) in [4.78, 5) is 11.4. The maximum absolute atomic E-state index is 11.4. The van der Waals surface area contributed by atoms with Crippen LogP contribution in [-0.2, 0) is 9.53 Å². The van der Waals surface area contributed by atoms with Crippen molar-refractivity contribution in [3.63, 3.8) is 0 Å². The SMILES string of the molecule is CC(CCNN)C(=O)OC(C)(C)C. The Hall–Kier alpha value is -0.610. The van der Waals surface area contributed by atoms with Crippen molar-refractivity contribution in [3.05, 3.63) is 0 Å². The lowest BCUT2D eigenvalue weighted by atomic mass is 10.1.